The zero-order chi connectivity index (χ0) is 9.56. The van der Waals surface area contributed by atoms with Crippen LogP contribution in [-0.2, 0) is 14.3 Å². The van der Waals surface area contributed by atoms with Gasteiger partial charge in [0.1, 0.15) is 12.6 Å². The molecule has 0 aromatic carbocycles. The standard InChI is InChI=1S/C6H12N2O4/c1-12-3-4(7)6(11)8-2-5(9)10/h4H,2-3,7H2,1H3,(H,8,11)(H,9,10)/t4-/m0/s1. The molecule has 0 heterocycles. The number of nitrogens with two attached hydrogens (primary N) is 1. The van der Waals surface area contributed by atoms with E-state index in [9.17, 15) is 9.59 Å². The molecule has 6 nitrogen and oxygen atoms in total. The summed E-state index contributed by atoms with van der Waals surface area (Å²) in [6.07, 6.45) is 0. The summed E-state index contributed by atoms with van der Waals surface area (Å²) in [5.74, 6) is -1.63. The number of amides is 1. The maximum absolute atomic E-state index is 10.9. The Bertz CT molecular complexity index is 171. The van der Waals surface area contributed by atoms with Crippen LogP contribution in [-0.4, -0.2) is 43.3 Å². The summed E-state index contributed by atoms with van der Waals surface area (Å²) in [7, 11) is 1.41. The second kappa shape index (κ2) is 5.50. The number of carbonyl (C=O) groups is 2. The number of aliphatic carboxylic acids is 1. The molecular weight excluding hydrogens is 164 g/mol. The number of carboxylic acids is 1. The van der Waals surface area contributed by atoms with Gasteiger partial charge in [0, 0.05) is 7.11 Å². The van der Waals surface area contributed by atoms with Crippen LogP contribution in [0.3, 0.4) is 0 Å². The van der Waals surface area contributed by atoms with Gasteiger partial charge in [-0.25, -0.2) is 0 Å². The smallest absolute Gasteiger partial charge is 0.322 e. The number of nitrogens with one attached hydrogen (secondary N) is 1. The Labute approximate surface area is 69.7 Å². The van der Waals surface area contributed by atoms with Crippen LogP contribution in [0.2, 0.25) is 0 Å². The van der Waals surface area contributed by atoms with E-state index < -0.39 is 24.5 Å². The lowest BCUT2D eigenvalue weighted by Gasteiger charge is -2.08. The number of ether oxygens (including phenoxy) is 1. The predicted molar refractivity (Wildman–Crippen MR) is 40.5 cm³/mol. The lowest BCUT2D eigenvalue weighted by molar-refractivity contribution is -0.138. The minimum absolute atomic E-state index is 0.0749. The van der Waals surface area contributed by atoms with Crippen LogP contribution in [0.5, 0.6) is 0 Å². The average Bonchev–Trinajstić information content (AvgIpc) is 2.00. The van der Waals surface area contributed by atoms with E-state index in [-0.39, 0.29) is 6.61 Å². The first-order chi connectivity index (χ1) is 5.57. The van der Waals surface area contributed by atoms with Crippen LogP contribution in [0, 0.1) is 0 Å². The van der Waals surface area contributed by atoms with E-state index in [0.29, 0.717) is 0 Å². The highest BCUT2D eigenvalue weighted by Gasteiger charge is 2.12. The van der Waals surface area contributed by atoms with E-state index >= 15 is 0 Å². The van der Waals surface area contributed by atoms with Gasteiger partial charge < -0.3 is 20.9 Å². The Balaban J connectivity index is 3.64. The van der Waals surface area contributed by atoms with Gasteiger partial charge in [-0.1, -0.05) is 0 Å². The molecule has 0 aliphatic rings. The van der Waals surface area contributed by atoms with Gasteiger partial charge >= 0.3 is 5.97 Å². The third kappa shape index (κ3) is 4.64. The highest BCUT2D eigenvalue weighted by molar-refractivity contribution is 5.85. The largest absolute Gasteiger partial charge is 0.480 e. The molecule has 0 fully saturated rings. The number of rotatable bonds is 5. The van der Waals surface area contributed by atoms with Crippen LogP contribution in [0.4, 0.5) is 0 Å². The average molecular weight is 176 g/mol. The van der Waals surface area contributed by atoms with Crippen molar-refractivity contribution in [3.05, 3.63) is 0 Å². The minimum Gasteiger partial charge on any atom is -0.480 e. The van der Waals surface area contributed by atoms with E-state index in [0.717, 1.165) is 0 Å². The molecule has 12 heavy (non-hydrogen) atoms. The van der Waals surface area contributed by atoms with E-state index in [1.54, 1.807) is 0 Å². The normalized spacial score (nSPS) is 12.2. The molecule has 0 saturated heterocycles. The van der Waals surface area contributed by atoms with Crippen LogP contribution in [0.25, 0.3) is 0 Å². The molecule has 0 saturated carbocycles. The van der Waals surface area contributed by atoms with Crippen molar-refractivity contribution < 1.29 is 19.4 Å². The van der Waals surface area contributed by atoms with Gasteiger partial charge in [0.15, 0.2) is 0 Å². The van der Waals surface area contributed by atoms with Crippen molar-refractivity contribution in [2.75, 3.05) is 20.3 Å². The molecule has 0 bridgehead atoms. The fourth-order valence-electron chi connectivity index (χ4n) is 0.549. The molecule has 0 aromatic heterocycles. The Morgan fingerprint density at radius 1 is 1.67 bits per heavy atom. The number of carboxylic acid groups (broad SMARTS) is 1. The summed E-state index contributed by atoms with van der Waals surface area (Å²) >= 11 is 0. The van der Waals surface area contributed by atoms with Gasteiger partial charge in [-0.2, -0.15) is 0 Å². The lowest BCUT2D eigenvalue weighted by atomic mass is 10.3. The Kier molecular flexibility index (Phi) is 4.98. The number of methoxy groups -OCH3 is 1. The van der Waals surface area contributed by atoms with Gasteiger partial charge in [-0.3, -0.25) is 9.59 Å². The molecule has 0 rings (SSSR count). The van der Waals surface area contributed by atoms with Crippen molar-refractivity contribution in [2.45, 2.75) is 6.04 Å². The molecule has 0 aliphatic heterocycles. The summed E-state index contributed by atoms with van der Waals surface area (Å²) in [5.41, 5.74) is 5.28. The first-order valence-corrected chi connectivity index (χ1v) is 3.32. The highest BCUT2D eigenvalue weighted by atomic mass is 16.5. The summed E-state index contributed by atoms with van der Waals surface area (Å²) in [6, 6.07) is -0.811. The number of hydrogen-bond donors (Lipinski definition) is 3. The molecular formula is C6H12N2O4. The van der Waals surface area contributed by atoms with E-state index in [2.05, 4.69) is 10.1 Å². The van der Waals surface area contributed by atoms with E-state index in [1.807, 2.05) is 0 Å². The molecule has 0 aliphatic carbocycles. The van der Waals surface area contributed by atoms with Crippen LogP contribution >= 0.6 is 0 Å². The Morgan fingerprint density at radius 3 is 2.67 bits per heavy atom. The zero-order valence-electron chi connectivity index (χ0n) is 6.74. The predicted octanol–water partition coefficient (Wildman–Crippen LogP) is -1.84. The van der Waals surface area contributed by atoms with E-state index in [4.69, 9.17) is 10.8 Å². The maximum Gasteiger partial charge on any atom is 0.322 e. The topological polar surface area (TPSA) is 102 Å². The number of hydrogen-bond acceptors (Lipinski definition) is 4. The minimum atomic E-state index is -1.10. The molecule has 4 N–H and O–H groups in total. The fraction of sp³-hybridized carbons (Fsp3) is 0.667. The highest BCUT2D eigenvalue weighted by Crippen LogP contribution is 1.79. The summed E-state index contributed by atoms with van der Waals surface area (Å²) in [4.78, 5) is 20.9. The van der Waals surface area contributed by atoms with Crippen molar-refractivity contribution in [3.8, 4) is 0 Å². The van der Waals surface area contributed by atoms with Crippen molar-refractivity contribution in [3.63, 3.8) is 0 Å². The summed E-state index contributed by atoms with van der Waals surface area (Å²) in [6.45, 7) is -0.346. The van der Waals surface area contributed by atoms with Gasteiger partial charge in [0.25, 0.3) is 0 Å². The first kappa shape index (κ1) is 10.9. The Hall–Kier alpha value is -1.14. The molecule has 6 heteroatoms. The second-order valence-electron chi connectivity index (χ2n) is 2.17. The maximum atomic E-state index is 10.9. The van der Waals surface area contributed by atoms with Gasteiger partial charge in [0.2, 0.25) is 5.91 Å². The first-order valence-electron chi connectivity index (χ1n) is 3.32. The monoisotopic (exact) mass is 176 g/mol. The molecule has 0 spiro atoms. The molecule has 0 unspecified atom stereocenters. The van der Waals surface area contributed by atoms with Crippen molar-refractivity contribution in [2.24, 2.45) is 5.73 Å². The second-order valence-corrected chi connectivity index (χ2v) is 2.17. The zero-order valence-corrected chi connectivity index (χ0v) is 6.74. The van der Waals surface area contributed by atoms with Crippen LogP contribution in [0.1, 0.15) is 0 Å². The molecule has 0 aromatic rings. The summed E-state index contributed by atoms with van der Waals surface area (Å²) < 4.78 is 4.60. The molecule has 1 amide bonds. The fourth-order valence-corrected chi connectivity index (χ4v) is 0.549. The third-order valence-electron chi connectivity index (χ3n) is 1.10. The SMILES string of the molecule is COC[C@H](N)C(=O)NCC(=O)O. The molecule has 70 valence electrons. The van der Waals surface area contributed by atoms with Crippen molar-refractivity contribution in [1.82, 2.24) is 5.32 Å². The molecule has 0 radical (unpaired) electrons. The summed E-state index contributed by atoms with van der Waals surface area (Å²) in [5, 5.41) is 10.3. The van der Waals surface area contributed by atoms with Crippen molar-refractivity contribution in [1.29, 1.82) is 0 Å². The van der Waals surface area contributed by atoms with E-state index in [1.165, 1.54) is 7.11 Å². The Morgan fingerprint density at radius 2 is 2.25 bits per heavy atom. The van der Waals surface area contributed by atoms with Gasteiger partial charge in [-0.05, 0) is 0 Å². The quantitative estimate of drug-likeness (QED) is 0.457. The molecule has 1 atom stereocenters. The van der Waals surface area contributed by atoms with Crippen molar-refractivity contribution >= 4 is 11.9 Å². The lowest BCUT2D eigenvalue weighted by Crippen LogP contribution is -2.45. The third-order valence-corrected chi connectivity index (χ3v) is 1.10. The van der Waals surface area contributed by atoms with Gasteiger partial charge in [0.05, 0.1) is 6.61 Å². The van der Waals surface area contributed by atoms with Crippen LogP contribution < -0.4 is 11.1 Å². The number of carbonyl (C=O) groups excluding carboxylic acids is 1. The van der Waals surface area contributed by atoms with Gasteiger partial charge in [-0.15, -0.1) is 0 Å². The van der Waals surface area contributed by atoms with Crippen LogP contribution in [0.15, 0.2) is 0 Å².